The second kappa shape index (κ2) is 10.9. The summed E-state index contributed by atoms with van der Waals surface area (Å²) in [5, 5.41) is 7.71. The molecule has 0 radical (unpaired) electrons. The lowest BCUT2D eigenvalue weighted by molar-refractivity contribution is -0.109. The third-order valence-electron chi connectivity index (χ3n) is 5.81. The smallest absolute Gasteiger partial charge is 0.344 e. The summed E-state index contributed by atoms with van der Waals surface area (Å²) in [6.07, 6.45) is 3.97. The van der Waals surface area contributed by atoms with E-state index in [2.05, 4.69) is 28.0 Å². The number of rotatable bonds is 4. The monoisotopic (exact) mass is 478 g/mol. The molecule has 1 aliphatic heterocycles. The van der Waals surface area contributed by atoms with Gasteiger partial charge >= 0.3 is 6.03 Å². The van der Waals surface area contributed by atoms with Crippen molar-refractivity contribution in [3.8, 4) is 11.3 Å². The minimum absolute atomic E-state index is 0.125. The first-order chi connectivity index (χ1) is 17.0. The van der Waals surface area contributed by atoms with Crippen molar-refractivity contribution in [2.24, 2.45) is 7.05 Å². The molecule has 0 spiro atoms. The fourth-order valence-electron chi connectivity index (χ4n) is 3.74. The van der Waals surface area contributed by atoms with Crippen LogP contribution in [-0.4, -0.2) is 63.0 Å². The first kappa shape index (κ1) is 24.1. The zero-order valence-electron chi connectivity index (χ0n) is 19.6. The SMILES string of the molecule is Cc1cc2ccc(-c3cnn(C(=O)N4CCOCC4)c3)nc2n1C.O=CNCc1ccccc1F. The Kier molecular flexibility index (Phi) is 7.51. The molecule has 182 valence electrons. The van der Waals surface area contributed by atoms with Gasteiger partial charge in [-0.15, -0.1) is 0 Å². The molecule has 1 fully saturated rings. The molecule has 1 saturated heterocycles. The average molecular weight is 479 g/mol. The zero-order valence-corrected chi connectivity index (χ0v) is 19.6. The molecule has 2 amide bonds. The van der Waals surface area contributed by atoms with Crippen molar-refractivity contribution in [3.05, 3.63) is 71.9 Å². The molecule has 1 N–H and O–H groups in total. The van der Waals surface area contributed by atoms with Crippen LogP contribution >= 0.6 is 0 Å². The number of hydrogen-bond acceptors (Lipinski definition) is 5. The Balaban J connectivity index is 0.000000221. The number of nitrogens with one attached hydrogen (secondary N) is 1. The van der Waals surface area contributed by atoms with Crippen LogP contribution in [0.2, 0.25) is 0 Å². The number of aromatic nitrogens is 4. The molecule has 0 aliphatic carbocycles. The van der Waals surface area contributed by atoms with E-state index in [0.717, 1.165) is 28.0 Å². The topological polar surface area (TPSA) is 94.3 Å². The summed E-state index contributed by atoms with van der Waals surface area (Å²) >= 11 is 0. The lowest BCUT2D eigenvalue weighted by Gasteiger charge is -2.26. The number of aryl methyl sites for hydroxylation is 2. The molecule has 1 aromatic carbocycles. The zero-order chi connectivity index (χ0) is 24.8. The molecular formula is C25H27FN6O3. The van der Waals surface area contributed by atoms with Gasteiger partial charge in [-0.1, -0.05) is 18.2 Å². The third-order valence-corrected chi connectivity index (χ3v) is 5.81. The number of pyridine rings is 1. The number of morpholine rings is 1. The van der Waals surface area contributed by atoms with Crippen molar-refractivity contribution in [2.75, 3.05) is 26.3 Å². The lowest BCUT2D eigenvalue weighted by Crippen LogP contribution is -2.43. The summed E-state index contributed by atoms with van der Waals surface area (Å²) in [5.74, 6) is -0.290. The van der Waals surface area contributed by atoms with Gasteiger partial charge in [0.25, 0.3) is 0 Å². The highest BCUT2D eigenvalue weighted by molar-refractivity contribution is 5.81. The van der Waals surface area contributed by atoms with Gasteiger partial charge in [0.1, 0.15) is 11.5 Å². The van der Waals surface area contributed by atoms with Crippen LogP contribution in [0.4, 0.5) is 9.18 Å². The Labute approximate surface area is 202 Å². The summed E-state index contributed by atoms with van der Waals surface area (Å²) in [6, 6.07) is 12.3. The van der Waals surface area contributed by atoms with Gasteiger partial charge in [-0.2, -0.15) is 9.78 Å². The average Bonchev–Trinajstić information content (AvgIpc) is 3.49. The van der Waals surface area contributed by atoms with Crippen molar-refractivity contribution in [1.29, 1.82) is 0 Å². The number of amides is 2. The van der Waals surface area contributed by atoms with E-state index >= 15 is 0 Å². The molecule has 4 aromatic rings. The molecule has 0 unspecified atom stereocenters. The number of halogens is 1. The van der Waals surface area contributed by atoms with E-state index in [0.29, 0.717) is 38.3 Å². The normalized spacial score (nSPS) is 13.3. The summed E-state index contributed by atoms with van der Waals surface area (Å²) in [5.41, 5.74) is 4.23. The fraction of sp³-hybridized carbons (Fsp3) is 0.280. The van der Waals surface area contributed by atoms with Gasteiger partial charge in [0.2, 0.25) is 6.41 Å². The van der Waals surface area contributed by atoms with Gasteiger partial charge in [0.15, 0.2) is 0 Å². The van der Waals surface area contributed by atoms with Gasteiger partial charge in [-0.3, -0.25) is 4.79 Å². The number of nitrogens with zero attached hydrogens (tertiary/aromatic N) is 5. The predicted molar refractivity (Wildman–Crippen MR) is 129 cm³/mol. The number of ether oxygens (including phenoxy) is 1. The Morgan fingerprint density at radius 2 is 1.97 bits per heavy atom. The Morgan fingerprint density at radius 3 is 2.71 bits per heavy atom. The molecule has 0 saturated carbocycles. The van der Waals surface area contributed by atoms with Crippen molar-refractivity contribution in [1.82, 2.24) is 29.5 Å². The third kappa shape index (κ3) is 5.55. The molecule has 3 aromatic heterocycles. The van der Waals surface area contributed by atoms with Crippen molar-refractivity contribution >= 4 is 23.5 Å². The second-order valence-corrected chi connectivity index (χ2v) is 8.10. The molecule has 5 rings (SSSR count). The van der Waals surface area contributed by atoms with Gasteiger partial charge in [-0.05, 0) is 31.2 Å². The molecule has 4 heterocycles. The van der Waals surface area contributed by atoms with Crippen LogP contribution in [0.15, 0.2) is 54.9 Å². The Hall–Kier alpha value is -4.05. The molecule has 10 heteroatoms. The highest BCUT2D eigenvalue weighted by Crippen LogP contribution is 2.22. The van der Waals surface area contributed by atoms with E-state index in [4.69, 9.17) is 9.72 Å². The maximum Gasteiger partial charge on any atom is 0.344 e. The van der Waals surface area contributed by atoms with Gasteiger partial charge in [0, 0.05) is 55.1 Å². The molecule has 0 bridgehead atoms. The highest BCUT2D eigenvalue weighted by Gasteiger charge is 2.19. The van der Waals surface area contributed by atoms with Crippen LogP contribution in [0.5, 0.6) is 0 Å². The quantitative estimate of drug-likeness (QED) is 0.455. The number of hydrogen-bond donors (Lipinski definition) is 1. The minimum Gasteiger partial charge on any atom is -0.378 e. The fourth-order valence-corrected chi connectivity index (χ4v) is 3.74. The first-order valence-corrected chi connectivity index (χ1v) is 11.2. The standard InChI is InChI=1S/C17H19N5O2.C8H8FNO/c1-12-9-13-3-4-15(19-16(13)20(12)2)14-10-18-22(11-14)17(23)21-5-7-24-8-6-21;9-8-4-2-1-3-7(8)5-10-6-11/h3-4,9-11H,5-8H2,1-2H3;1-4,6H,5H2,(H,10,11). The maximum absolute atomic E-state index is 12.8. The molecular weight excluding hydrogens is 451 g/mol. The number of carbonyl (C=O) groups excluding carboxylic acids is 2. The number of benzene rings is 1. The van der Waals surface area contributed by atoms with Crippen LogP contribution in [0.1, 0.15) is 11.3 Å². The van der Waals surface area contributed by atoms with Crippen LogP contribution in [0.25, 0.3) is 22.3 Å². The number of fused-ring (bicyclic) bond motifs is 1. The Bertz CT molecular complexity index is 1330. The van der Waals surface area contributed by atoms with E-state index in [1.165, 1.54) is 10.7 Å². The highest BCUT2D eigenvalue weighted by atomic mass is 19.1. The summed E-state index contributed by atoms with van der Waals surface area (Å²) < 4.78 is 21.5. The van der Waals surface area contributed by atoms with E-state index in [1.54, 1.807) is 35.5 Å². The van der Waals surface area contributed by atoms with Crippen LogP contribution in [0.3, 0.4) is 0 Å². The molecule has 35 heavy (non-hydrogen) atoms. The largest absolute Gasteiger partial charge is 0.378 e. The van der Waals surface area contributed by atoms with E-state index < -0.39 is 0 Å². The van der Waals surface area contributed by atoms with Gasteiger partial charge in [0.05, 0.1) is 25.1 Å². The van der Waals surface area contributed by atoms with Crippen molar-refractivity contribution in [3.63, 3.8) is 0 Å². The lowest BCUT2D eigenvalue weighted by atomic mass is 10.2. The van der Waals surface area contributed by atoms with E-state index in [1.807, 2.05) is 19.2 Å². The summed E-state index contributed by atoms with van der Waals surface area (Å²) in [4.78, 5) is 28.8. The summed E-state index contributed by atoms with van der Waals surface area (Å²) in [6.45, 7) is 4.65. The van der Waals surface area contributed by atoms with Crippen LogP contribution in [0, 0.1) is 12.7 Å². The van der Waals surface area contributed by atoms with E-state index in [9.17, 15) is 14.0 Å². The molecule has 0 atom stereocenters. The Morgan fingerprint density at radius 1 is 1.20 bits per heavy atom. The van der Waals surface area contributed by atoms with E-state index in [-0.39, 0.29) is 18.4 Å². The van der Waals surface area contributed by atoms with Crippen LogP contribution < -0.4 is 5.32 Å². The minimum atomic E-state index is -0.290. The van der Waals surface area contributed by atoms with Crippen molar-refractivity contribution in [2.45, 2.75) is 13.5 Å². The first-order valence-electron chi connectivity index (χ1n) is 11.2. The number of carbonyl (C=O) groups is 2. The summed E-state index contributed by atoms with van der Waals surface area (Å²) in [7, 11) is 2.00. The maximum atomic E-state index is 12.8. The van der Waals surface area contributed by atoms with Crippen molar-refractivity contribution < 1.29 is 18.7 Å². The molecule has 1 aliphatic rings. The van der Waals surface area contributed by atoms with Gasteiger partial charge in [-0.25, -0.2) is 14.2 Å². The molecule has 9 nitrogen and oxygen atoms in total. The van der Waals surface area contributed by atoms with Crippen LogP contribution in [-0.2, 0) is 23.1 Å². The van der Waals surface area contributed by atoms with Gasteiger partial charge < -0.3 is 19.5 Å². The predicted octanol–water partition coefficient (Wildman–Crippen LogP) is 3.12. The second-order valence-electron chi connectivity index (χ2n) is 8.10.